The summed E-state index contributed by atoms with van der Waals surface area (Å²) in [5, 5.41) is 5.50. The quantitative estimate of drug-likeness (QED) is 0.700. The highest BCUT2D eigenvalue weighted by atomic mass is 79.9. The Balaban J connectivity index is 1.73. The number of thiophene rings is 1. The first-order valence-electron chi connectivity index (χ1n) is 6.60. The molecule has 2 heterocycles. The number of aromatic nitrogens is 2. The van der Waals surface area contributed by atoms with Crippen LogP contribution in [0, 0.1) is 0 Å². The van der Waals surface area contributed by atoms with Crippen LogP contribution in [0.25, 0.3) is 11.4 Å². The molecular formula is C16H14BrN3S. The van der Waals surface area contributed by atoms with Crippen molar-refractivity contribution in [2.75, 3.05) is 5.32 Å². The fraction of sp³-hybridized carbons (Fsp3) is 0.125. The van der Waals surface area contributed by atoms with Gasteiger partial charge in [0.1, 0.15) is 0 Å². The van der Waals surface area contributed by atoms with Gasteiger partial charge in [0.05, 0.1) is 24.1 Å². The number of hydrogen-bond donors (Lipinski definition) is 1. The maximum Gasteiger partial charge on any atom is 0.159 e. The summed E-state index contributed by atoms with van der Waals surface area (Å²) in [4.78, 5) is 10.1. The van der Waals surface area contributed by atoms with Crippen molar-refractivity contribution in [1.29, 1.82) is 0 Å². The van der Waals surface area contributed by atoms with Crippen molar-refractivity contribution >= 4 is 33.0 Å². The molecular weight excluding hydrogens is 346 g/mol. The Hall–Kier alpha value is -1.72. The molecule has 3 rings (SSSR count). The van der Waals surface area contributed by atoms with Gasteiger partial charge in [-0.05, 0) is 28.9 Å². The molecule has 0 saturated carbocycles. The highest BCUT2D eigenvalue weighted by Gasteiger charge is 2.08. The second kappa shape index (κ2) is 6.37. The van der Waals surface area contributed by atoms with Gasteiger partial charge in [0, 0.05) is 20.3 Å². The summed E-state index contributed by atoms with van der Waals surface area (Å²) in [5.74, 6) is 0.743. The lowest BCUT2D eigenvalue weighted by atomic mass is 10.2. The van der Waals surface area contributed by atoms with E-state index in [0.29, 0.717) is 0 Å². The summed E-state index contributed by atoms with van der Waals surface area (Å²) in [6, 6.07) is 12.3. The number of anilines is 1. The van der Waals surface area contributed by atoms with Crippen LogP contribution in [0.15, 0.2) is 58.6 Å². The molecule has 0 amide bonds. The van der Waals surface area contributed by atoms with Gasteiger partial charge in [-0.25, -0.2) is 9.97 Å². The Kier molecular flexibility index (Phi) is 4.31. The highest BCUT2D eigenvalue weighted by Crippen LogP contribution is 2.27. The molecule has 106 valence electrons. The third-order valence-electron chi connectivity index (χ3n) is 3.08. The zero-order valence-corrected chi connectivity index (χ0v) is 13.9. The smallest absolute Gasteiger partial charge is 0.159 e. The van der Waals surface area contributed by atoms with E-state index >= 15 is 0 Å². The van der Waals surface area contributed by atoms with Crippen LogP contribution in [-0.4, -0.2) is 9.97 Å². The predicted molar refractivity (Wildman–Crippen MR) is 91.5 cm³/mol. The van der Waals surface area contributed by atoms with Crippen molar-refractivity contribution in [1.82, 2.24) is 9.97 Å². The van der Waals surface area contributed by atoms with Gasteiger partial charge >= 0.3 is 0 Å². The van der Waals surface area contributed by atoms with E-state index in [1.807, 2.05) is 42.7 Å². The van der Waals surface area contributed by atoms with E-state index in [4.69, 9.17) is 0 Å². The van der Waals surface area contributed by atoms with Crippen LogP contribution < -0.4 is 5.32 Å². The second-order valence-corrected chi connectivity index (χ2v) is 6.55. The van der Waals surface area contributed by atoms with E-state index in [9.17, 15) is 0 Å². The maximum atomic E-state index is 4.42. The summed E-state index contributed by atoms with van der Waals surface area (Å²) in [5.41, 5.74) is 1.95. The van der Waals surface area contributed by atoms with E-state index < -0.39 is 0 Å². The number of hydrogen-bond acceptors (Lipinski definition) is 4. The summed E-state index contributed by atoms with van der Waals surface area (Å²) in [6.45, 7) is 2.13. The Morgan fingerprint density at radius 3 is 2.48 bits per heavy atom. The van der Waals surface area contributed by atoms with E-state index in [1.165, 1.54) is 4.88 Å². The Morgan fingerprint density at radius 1 is 1.14 bits per heavy atom. The zero-order valence-electron chi connectivity index (χ0n) is 11.5. The molecule has 5 heteroatoms. The van der Waals surface area contributed by atoms with Crippen LogP contribution in [0.5, 0.6) is 0 Å². The molecule has 0 fully saturated rings. The lowest BCUT2D eigenvalue weighted by Crippen LogP contribution is -2.05. The SMILES string of the molecule is CC(Nc1cnc(-c2ccccc2)nc1)c1cc(Br)cs1. The van der Waals surface area contributed by atoms with E-state index in [0.717, 1.165) is 21.5 Å². The van der Waals surface area contributed by atoms with Crippen molar-refractivity contribution < 1.29 is 0 Å². The summed E-state index contributed by atoms with van der Waals surface area (Å²) in [6.07, 6.45) is 3.66. The molecule has 21 heavy (non-hydrogen) atoms. The van der Waals surface area contributed by atoms with Crippen molar-refractivity contribution in [3.8, 4) is 11.4 Å². The molecule has 0 spiro atoms. The average molecular weight is 360 g/mol. The lowest BCUT2D eigenvalue weighted by molar-refractivity contribution is 0.902. The molecule has 1 N–H and O–H groups in total. The first-order chi connectivity index (χ1) is 10.2. The van der Waals surface area contributed by atoms with E-state index in [2.05, 4.69) is 49.6 Å². The van der Waals surface area contributed by atoms with Crippen LogP contribution in [0.2, 0.25) is 0 Å². The van der Waals surface area contributed by atoms with Crippen molar-refractivity contribution in [3.63, 3.8) is 0 Å². The van der Waals surface area contributed by atoms with Crippen LogP contribution in [-0.2, 0) is 0 Å². The molecule has 1 atom stereocenters. The van der Waals surface area contributed by atoms with Gasteiger partial charge in [0.2, 0.25) is 0 Å². The number of rotatable bonds is 4. The fourth-order valence-electron chi connectivity index (χ4n) is 2.02. The van der Waals surface area contributed by atoms with Crippen molar-refractivity contribution in [2.45, 2.75) is 13.0 Å². The lowest BCUT2D eigenvalue weighted by Gasteiger charge is -2.13. The van der Waals surface area contributed by atoms with Crippen molar-refractivity contribution in [3.05, 3.63) is 63.5 Å². The predicted octanol–water partition coefficient (Wildman–Crippen LogP) is 5.14. The Morgan fingerprint density at radius 2 is 1.86 bits per heavy atom. The number of nitrogens with one attached hydrogen (secondary N) is 1. The average Bonchev–Trinajstić information content (AvgIpc) is 2.96. The summed E-state index contributed by atoms with van der Waals surface area (Å²) >= 11 is 5.21. The zero-order chi connectivity index (χ0) is 14.7. The summed E-state index contributed by atoms with van der Waals surface area (Å²) < 4.78 is 1.12. The fourth-order valence-corrected chi connectivity index (χ4v) is 3.47. The highest BCUT2D eigenvalue weighted by molar-refractivity contribution is 9.10. The van der Waals surface area contributed by atoms with Crippen LogP contribution in [0.4, 0.5) is 5.69 Å². The molecule has 0 aliphatic heterocycles. The van der Waals surface area contributed by atoms with Crippen LogP contribution in [0.1, 0.15) is 17.8 Å². The molecule has 1 aromatic carbocycles. The van der Waals surface area contributed by atoms with Gasteiger partial charge in [0.15, 0.2) is 5.82 Å². The monoisotopic (exact) mass is 359 g/mol. The standard InChI is InChI=1S/C16H14BrN3S/c1-11(15-7-13(17)10-21-15)20-14-8-18-16(19-9-14)12-5-3-2-4-6-12/h2-11,20H,1H3. The van der Waals surface area contributed by atoms with Gasteiger partial charge in [0.25, 0.3) is 0 Å². The minimum atomic E-state index is 0.229. The summed E-state index contributed by atoms with van der Waals surface area (Å²) in [7, 11) is 0. The number of nitrogens with zero attached hydrogens (tertiary/aromatic N) is 2. The van der Waals surface area contributed by atoms with Gasteiger partial charge < -0.3 is 5.32 Å². The minimum Gasteiger partial charge on any atom is -0.375 e. The van der Waals surface area contributed by atoms with Gasteiger partial charge in [-0.1, -0.05) is 30.3 Å². The molecule has 0 aliphatic carbocycles. The maximum absolute atomic E-state index is 4.42. The third-order valence-corrected chi connectivity index (χ3v) is 4.96. The van der Waals surface area contributed by atoms with E-state index in [1.54, 1.807) is 11.3 Å². The second-order valence-electron chi connectivity index (χ2n) is 4.69. The normalized spacial score (nSPS) is 12.1. The Bertz CT molecular complexity index is 710. The number of benzene rings is 1. The molecule has 0 bridgehead atoms. The molecule has 3 nitrogen and oxygen atoms in total. The molecule has 0 aliphatic rings. The Labute approximate surface area is 136 Å². The molecule has 0 radical (unpaired) electrons. The minimum absolute atomic E-state index is 0.229. The molecule has 3 aromatic rings. The topological polar surface area (TPSA) is 37.8 Å². The van der Waals surface area contributed by atoms with Gasteiger partial charge in [-0.3, -0.25) is 0 Å². The van der Waals surface area contributed by atoms with Gasteiger partial charge in [-0.15, -0.1) is 11.3 Å². The number of halogens is 1. The van der Waals surface area contributed by atoms with Crippen LogP contribution in [0.3, 0.4) is 0 Å². The molecule has 0 saturated heterocycles. The largest absolute Gasteiger partial charge is 0.375 e. The van der Waals surface area contributed by atoms with E-state index in [-0.39, 0.29) is 6.04 Å². The van der Waals surface area contributed by atoms with Crippen LogP contribution >= 0.6 is 27.3 Å². The first-order valence-corrected chi connectivity index (χ1v) is 8.27. The van der Waals surface area contributed by atoms with Gasteiger partial charge in [-0.2, -0.15) is 0 Å². The van der Waals surface area contributed by atoms with Crippen molar-refractivity contribution in [2.24, 2.45) is 0 Å². The molecule has 1 unspecified atom stereocenters. The first kappa shape index (κ1) is 14.2. The third kappa shape index (κ3) is 3.49. The molecule has 2 aromatic heterocycles.